The Kier molecular flexibility index (Phi) is 5.23. The lowest BCUT2D eigenvalue weighted by atomic mass is 10.2. The third kappa shape index (κ3) is 3.86. The normalized spacial score (nSPS) is 10.5. The molecule has 0 radical (unpaired) electrons. The molecule has 0 atom stereocenters. The number of amides is 1. The van der Waals surface area contributed by atoms with Gasteiger partial charge in [-0.25, -0.2) is 4.98 Å². The minimum absolute atomic E-state index is 0.227. The second kappa shape index (κ2) is 7.14. The topological polar surface area (TPSA) is 77.2 Å². The summed E-state index contributed by atoms with van der Waals surface area (Å²) >= 11 is 1.39. The Hall–Kier alpha value is -1.76. The van der Waals surface area contributed by atoms with Crippen LogP contribution in [0.4, 0.5) is 5.69 Å². The van der Waals surface area contributed by atoms with Gasteiger partial charge < -0.3 is 15.8 Å². The Balaban J connectivity index is 2.03. The second-order valence-electron chi connectivity index (χ2n) is 4.12. The van der Waals surface area contributed by atoms with Gasteiger partial charge in [0.15, 0.2) is 0 Å². The van der Waals surface area contributed by atoms with Crippen LogP contribution < -0.4 is 11.1 Å². The molecule has 1 aromatic heterocycles. The van der Waals surface area contributed by atoms with Crippen molar-refractivity contribution in [1.29, 1.82) is 0 Å². The monoisotopic (exact) mass is 291 g/mol. The quantitative estimate of drug-likeness (QED) is 0.856. The zero-order valence-electron chi connectivity index (χ0n) is 11.3. The van der Waals surface area contributed by atoms with Gasteiger partial charge in [-0.15, -0.1) is 11.3 Å². The Morgan fingerprint density at radius 3 is 3.05 bits per heavy atom. The van der Waals surface area contributed by atoms with Gasteiger partial charge in [-0.05, 0) is 24.6 Å². The first-order chi connectivity index (χ1) is 9.72. The van der Waals surface area contributed by atoms with Gasteiger partial charge in [-0.3, -0.25) is 4.79 Å². The van der Waals surface area contributed by atoms with Crippen LogP contribution in [0.3, 0.4) is 0 Å². The van der Waals surface area contributed by atoms with E-state index in [-0.39, 0.29) is 5.91 Å². The Labute approximate surface area is 121 Å². The van der Waals surface area contributed by atoms with Gasteiger partial charge in [0.25, 0.3) is 5.91 Å². The van der Waals surface area contributed by atoms with E-state index in [1.807, 2.05) is 31.2 Å². The van der Waals surface area contributed by atoms with E-state index in [2.05, 4.69) is 10.3 Å². The fraction of sp³-hybridized carbons (Fsp3) is 0.286. The van der Waals surface area contributed by atoms with Gasteiger partial charge in [0, 0.05) is 24.2 Å². The SMILES string of the molecule is CCOCc1cccc(NC(=O)c2csc(CN)n2)c1. The molecule has 0 spiro atoms. The third-order valence-corrected chi connectivity index (χ3v) is 3.49. The first kappa shape index (κ1) is 14.6. The lowest BCUT2D eigenvalue weighted by Gasteiger charge is -2.06. The van der Waals surface area contributed by atoms with Gasteiger partial charge in [0.1, 0.15) is 10.7 Å². The van der Waals surface area contributed by atoms with E-state index in [9.17, 15) is 4.79 Å². The largest absolute Gasteiger partial charge is 0.377 e. The van der Waals surface area contributed by atoms with Crippen LogP contribution in [0.5, 0.6) is 0 Å². The van der Waals surface area contributed by atoms with Gasteiger partial charge in [-0.2, -0.15) is 0 Å². The number of rotatable bonds is 6. The molecule has 1 heterocycles. The number of hydrogen-bond acceptors (Lipinski definition) is 5. The average molecular weight is 291 g/mol. The lowest BCUT2D eigenvalue weighted by Crippen LogP contribution is -2.13. The van der Waals surface area contributed by atoms with Gasteiger partial charge in [0.05, 0.1) is 6.61 Å². The maximum absolute atomic E-state index is 12.0. The standard InChI is InChI=1S/C14H17N3O2S/c1-2-19-8-10-4-3-5-11(6-10)16-14(18)12-9-20-13(7-15)17-12/h3-6,9H,2,7-8,15H2,1H3,(H,16,18). The molecule has 3 N–H and O–H groups in total. The molecule has 0 saturated heterocycles. The van der Waals surface area contributed by atoms with Crippen LogP contribution in [-0.4, -0.2) is 17.5 Å². The molecule has 0 aliphatic carbocycles. The summed E-state index contributed by atoms with van der Waals surface area (Å²) in [4.78, 5) is 16.2. The van der Waals surface area contributed by atoms with Crippen LogP contribution in [0.15, 0.2) is 29.6 Å². The van der Waals surface area contributed by atoms with Crippen molar-refractivity contribution in [2.75, 3.05) is 11.9 Å². The summed E-state index contributed by atoms with van der Waals surface area (Å²) in [5.41, 5.74) is 7.63. The molecule has 106 valence electrons. The van der Waals surface area contributed by atoms with Crippen LogP contribution in [-0.2, 0) is 17.9 Å². The van der Waals surface area contributed by atoms with Crippen molar-refractivity contribution in [2.24, 2.45) is 5.73 Å². The van der Waals surface area contributed by atoms with E-state index in [4.69, 9.17) is 10.5 Å². The van der Waals surface area contributed by atoms with Crippen LogP contribution in [0.25, 0.3) is 0 Å². The summed E-state index contributed by atoms with van der Waals surface area (Å²) in [5, 5.41) is 5.28. The molecule has 2 aromatic rings. The number of hydrogen-bond donors (Lipinski definition) is 2. The third-order valence-electron chi connectivity index (χ3n) is 2.62. The number of thiazole rings is 1. The van der Waals surface area contributed by atoms with Crippen molar-refractivity contribution in [1.82, 2.24) is 4.98 Å². The maximum atomic E-state index is 12.0. The minimum atomic E-state index is -0.227. The molecular formula is C14H17N3O2S. The molecule has 0 aliphatic heterocycles. The van der Waals surface area contributed by atoms with Crippen LogP contribution >= 0.6 is 11.3 Å². The molecule has 1 amide bonds. The number of nitrogens with two attached hydrogens (primary N) is 1. The van der Waals surface area contributed by atoms with Crippen molar-refractivity contribution in [3.8, 4) is 0 Å². The highest BCUT2D eigenvalue weighted by Crippen LogP contribution is 2.14. The Bertz CT molecular complexity index is 583. The fourth-order valence-corrected chi connectivity index (χ4v) is 2.32. The number of carbonyl (C=O) groups excluding carboxylic acids is 1. The van der Waals surface area contributed by atoms with Gasteiger partial charge >= 0.3 is 0 Å². The number of ether oxygens (including phenoxy) is 1. The molecule has 0 unspecified atom stereocenters. The highest BCUT2D eigenvalue weighted by Gasteiger charge is 2.10. The van der Waals surface area contributed by atoms with Crippen molar-refractivity contribution >= 4 is 22.9 Å². The molecule has 6 heteroatoms. The smallest absolute Gasteiger partial charge is 0.275 e. The van der Waals surface area contributed by atoms with Crippen molar-refractivity contribution < 1.29 is 9.53 Å². The lowest BCUT2D eigenvalue weighted by molar-refractivity contribution is 0.102. The molecule has 0 aliphatic rings. The number of nitrogens with one attached hydrogen (secondary N) is 1. The molecule has 0 bridgehead atoms. The van der Waals surface area contributed by atoms with Crippen LogP contribution in [0, 0.1) is 0 Å². The van der Waals surface area contributed by atoms with Crippen molar-refractivity contribution in [3.05, 3.63) is 45.9 Å². The fourth-order valence-electron chi connectivity index (χ4n) is 1.66. The highest BCUT2D eigenvalue weighted by atomic mass is 32.1. The van der Waals surface area contributed by atoms with Crippen molar-refractivity contribution in [2.45, 2.75) is 20.1 Å². The van der Waals surface area contributed by atoms with Gasteiger partial charge in [-0.1, -0.05) is 12.1 Å². The zero-order valence-corrected chi connectivity index (χ0v) is 12.1. The Morgan fingerprint density at radius 2 is 2.35 bits per heavy atom. The predicted molar refractivity (Wildman–Crippen MR) is 79.7 cm³/mol. The molecule has 5 nitrogen and oxygen atoms in total. The number of benzene rings is 1. The van der Waals surface area contributed by atoms with Gasteiger partial charge in [0.2, 0.25) is 0 Å². The Morgan fingerprint density at radius 1 is 1.50 bits per heavy atom. The van der Waals surface area contributed by atoms with Crippen LogP contribution in [0.1, 0.15) is 28.0 Å². The maximum Gasteiger partial charge on any atom is 0.275 e. The van der Waals surface area contributed by atoms with Crippen molar-refractivity contribution in [3.63, 3.8) is 0 Å². The first-order valence-electron chi connectivity index (χ1n) is 6.35. The minimum Gasteiger partial charge on any atom is -0.377 e. The zero-order chi connectivity index (χ0) is 14.4. The van der Waals surface area contributed by atoms with E-state index in [1.54, 1.807) is 5.38 Å². The number of aromatic nitrogens is 1. The van der Waals surface area contributed by atoms with E-state index in [0.29, 0.717) is 25.5 Å². The summed E-state index contributed by atoms with van der Waals surface area (Å²) in [7, 11) is 0. The summed E-state index contributed by atoms with van der Waals surface area (Å²) in [6, 6.07) is 7.57. The molecule has 1 aromatic carbocycles. The predicted octanol–water partition coefficient (Wildman–Crippen LogP) is 2.39. The second-order valence-corrected chi connectivity index (χ2v) is 5.06. The summed E-state index contributed by atoms with van der Waals surface area (Å²) in [6.07, 6.45) is 0. The highest BCUT2D eigenvalue weighted by molar-refractivity contribution is 7.09. The molecule has 2 rings (SSSR count). The van der Waals surface area contributed by atoms with E-state index in [1.165, 1.54) is 11.3 Å². The molecule has 0 fully saturated rings. The summed E-state index contributed by atoms with van der Waals surface area (Å²) < 4.78 is 5.34. The van der Waals surface area contributed by atoms with Crippen LogP contribution in [0.2, 0.25) is 0 Å². The summed E-state index contributed by atoms with van der Waals surface area (Å²) in [6.45, 7) is 3.50. The van der Waals surface area contributed by atoms with E-state index >= 15 is 0 Å². The molecule has 20 heavy (non-hydrogen) atoms. The summed E-state index contributed by atoms with van der Waals surface area (Å²) in [5.74, 6) is -0.227. The number of anilines is 1. The molecule has 0 saturated carbocycles. The number of carbonyl (C=O) groups is 1. The first-order valence-corrected chi connectivity index (χ1v) is 7.23. The van der Waals surface area contributed by atoms with E-state index < -0.39 is 0 Å². The average Bonchev–Trinajstić information content (AvgIpc) is 2.94. The number of nitrogens with zero attached hydrogens (tertiary/aromatic N) is 1. The molecular weight excluding hydrogens is 274 g/mol. The van der Waals surface area contributed by atoms with E-state index in [0.717, 1.165) is 16.3 Å².